The topological polar surface area (TPSA) is 50.9 Å². The summed E-state index contributed by atoms with van der Waals surface area (Å²) in [4.78, 5) is 4.25. The fourth-order valence-electron chi connectivity index (χ4n) is 1.89. The Hall–Kier alpha value is -1.13. The van der Waals surface area contributed by atoms with Gasteiger partial charge in [0.2, 0.25) is 0 Å². The number of aryl methyl sites for hydroxylation is 1. The molecule has 1 heterocycles. The first kappa shape index (κ1) is 13.3. The standard InChI is InChI=1S/C13H13Cl2N3/c1-8-9(5-3-7-17-8)13(18-16)10-4-2-6-11(14)12(10)15/h2-7,13,18H,16H2,1H3. The average Bonchev–Trinajstić information content (AvgIpc) is 2.37. The zero-order chi connectivity index (χ0) is 13.1. The summed E-state index contributed by atoms with van der Waals surface area (Å²) < 4.78 is 0. The number of nitrogens with one attached hydrogen (secondary N) is 1. The van der Waals surface area contributed by atoms with Crippen molar-refractivity contribution in [2.75, 3.05) is 0 Å². The molecule has 0 aliphatic heterocycles. The summed E-state index contributed by atoms with van der Waals surface area (Å²) >= 11 is 12.2. The summed E-state index contributed by atoms with van der Waals surface area (Å²) in [6.07, 6.45) is 1.74. The molecule has 0 radical (unpaired) electrons. The highest BCUT2D eigenvalue weighted by molar-refractivity contribution is 6.42. The van der Waals surface area contributed by atoms with Gasteiger partial charge in [0.25, 0.3) is 0 Å². The van der Waals surface area contributed by atoms with Gasteiger partial charge >= 0.3 is 0 Å². The van der Waals surface area contributed by atoms with E-state index in [9.17, 15) is 0 Å². The van der Waals surface area contributed by atoms with E-state index in [4.69, 9.17) is 29.0 Å². The Balaban J connectivity index is 2.53. The molecule has 5 heteroatoms. The summed E-state index contributed by atoms with van der Waals surface area (Å²) in [6.45, 7) is 1.93. The minimum Gasteiger partial charge on any atom is -0.271 e. The smallest absolute Gasteiger partial charge is 0.0742 e. The number of halogens is 2. The van der Waals surface area contributed by atoms with E-state index in [1.807, 2.05) is 31.2 Å². The van der Waals surface area contributed by atoms with Gasteiger partial charge in [0.05, 0.1) is 16.1 Å². The maximum atomic E-state index is 6.22. The van der Waals surface area contributed by atoms with Crippen LogP contribution in [0.4, 0.5) is 0 Å². The lowest BCUT2D eigenvalue weighted by atomic mass is 9.98. The molecule has 1 aromatic heterocycles. The summed E-state index contributed by atoms with van der Waals surface area (Å²) in [6, 6.07) is 9.08. The van der Waals surface area contributed by atoms with E-state index in [2.05, 4.69) is 10.4 Å². The lowest BCUT2D eigenvalue weighted by molar-refractivity contribution is 0.630. The predicted octanol–water partition coefficient (Wildman–Crippen LogP) is 3.25. The van der Waals surface area contributed by atoms with Crippen molar-refractivity contribution in [3.63, 3.8) is 0 Å². The Labute approximate surface area is 116 Å². The van der Waals surface area contributed by atoms with Crippen molar-refractivity contribution in [3.8, 4) is 0 Å². The van der Waals surface area contributed by atoms with Crippen molar-refractivity contribution in [2.45, 2.75) is 13.0 Å². The molecule has 0 amide bonds. The van der Waals surface area contributed by atoms with E-state index >= 15 is 0 Å². The number of benzene rings is 1. The average molecular weight is 282 g/mol. The Morgan fingerprint density at radius 2 is 1.89 bits per heavy atom. The minimum absolute atomic E-state index is 0.232. The molecule has 0 aliphatic rings. The fraction of sp³-hybridized carbons (Fsp3) is 0.154. The van der Waals surface area contributed by atoms with Gasteiger partial charge in [0.1, 0.15) is 0 Å². The first-order valence-electron chi connectivity index (χ1n) is 5.46. The Kier molecular flexibility index (Phi) is 4.19. The highest BCUT2D eigenvalue weighted by Crippen LogP contribution is 2.33. The number of aromatic nitrogens is 1. The third kappa shape index (κ3) is 2.49. The summed E-state index contributed by atoms with van der Waals surface area (Å²) in [5.74, 6) is 5.65. The van der Waals surface area contributed by atoms with E-state index in [1.165, 1.54) is 0 Å². The van der Waals surface area contributed by atoms with Crippen LogP contribution in [0.2, 0.25) is 10.0 Å². The van der Waals surface area contributed by atoms with Crippen LogP contribution in [0.25, 0.3) is 0 Å². The first-order chi connectivity index (χ1) is 8.65. The second-order valence-corrected chi connectivity index (χ2v) is 4.71. The van der Waals surface area contributed by atoms with Crippen molar-refractivity contribution < 1.29 is 0 Å². The van der Waals surface area contributed by atoms with Crippen LogP contribution in [-0.4, -0.2) is 4.98 Å². The van der Waals surface area contributed by atoms with Gasteiger partial charge in [-0.15, -0.1) is 0 Å². The number of rotatable bonds is 3. The van der Waals surface area contributed by atoms with Gasteiger partial charge in [-0.3, -0.25) is 10.8 Å². The quantitative estimate of drug-likeness (QED) is 0.671. The molecule has 0 bridgehead atoms. The molecule has 1 aromatic carbocycles. The van der Waals surface area contributed by atoms with Gasteiger partial charge < -0.3 is 0 Å². The van der Waals surface area contributed by atoms with Crippen LogP contribution in [0.1, 0.15) is 22.9 Å². The molecule has 0 spiro atoms. The molecule has 3 nitrogen and oxygen atoms in total. The number of nitrogens with two attached hydrogens (primary N) is 1. The lowest BCUT2D eigenvalue weighted by Gasteiger charge is -2.20. The molecule has 0 saturated carbocycles. The summed E-state index contributed by atoms with van der Waals surface area (Å²) in [5.41, 5.74) is 5.47. The first-order valence-corrected chi connectivity index (χ1v) is 6.22. The van der Waals surface area contributed by atoms with Crippen molar-refractivity contribution >= 4 is 23.2 Å². The van der Waals surface area contributed by atoms with Gasteiger partial charge in [-0.1, -0.05) is 41.4 Å². The van der Waals surface area contributed by atoms with Gasteiger partial charge in [-0.25, -0.2) is 5.43 Å². The molecule has 18 heavy (non-hydrogen) atoms. The predicted molar refractivity (Wildman–Crippen MR) is 74.6 cm³/mol. The molecule has 1 unspecified atom stereocenters. The van der Waals surface area contributed by atoms with Crippen molar-refractivity contribution in [2.24, 2.45) is 5.84 Å². The summed E-state index contributed by atoms with van der Waals surface area (Å²) in [5, 5.41) is 1.02. The highest BCUT2D eigenvalue weighted by atomic mass is 35.5. The van der Waals surface area contributed by atoms with Crippen LogP contribution in [0.5, 0.6) is 0 Å². The van der Waals surface area contributed by atoms with Crippen LogP contribution in [0.3, 0.4) is 0 Å². The van der Waals surface area contributed by atoms with E-state index in [-0.39, 0.29) is 6.04 Å². The Morgan fingerprint density at radius 3 is 2.56 bits per heavy atom. The van der Waals surface area contributed by atoms with E-state index in [0.29, 0.717) is 10.0 Å². The molecule has 2 rings (SSSR count). The van der Waals surface area contributed by atoms with Gasteiger partial charge in [0.15, 0.2) is 0 Å². The second-order valence-electron chi connectivity index (χ2n) is 3.92. The van der Waals surface area contributed by atoms with Crippen molar-refractivity contribution in [1.82, 2.24) is 10.4 Å². The zero-order valence-electron chi connectivity index (χ0n) is 9.82. The molecule has 94 valence electrons. The number of pyridine rings is 1. The third-order valence-corrected chi connectivity index (χ3v) is 3.65. The lowest BCUT2D eigenvalue weighted by Crippen LogP contribution is -2.29. The Bertz CT molecular complexity index is 558. The van der Waals surface area contributed by atoms with Crippen LogP contribution in [0.15, 0.2) is 36.5 Å². The minimum atomic E-state index is -0.232. The van der Waals surface area contributed by atoms with Crippen molar-refractivity contribution in [3.05, 3.63) is 63.4 Å². The zero-order valence-corrected chi connectivity index (χ0v) is 11.3. The highest BCUT2D eigenvalue weighted by Gasteiger charge is 2.18. The van der Waals surface area contributed by atoms with Gasteiger partial charge in [-0.2, -0.15) is 0 Å². The molecule has 0 aliphatic carbocycles. The largest absolute Gasteiger partial charge is 0.271 e. The van der Waals surface area contributed by atoms with E-state index < -0.39 is 0 Å². The van der Waals surface area contributed by atoms with Gasteiger partial charge in [-0.05, 0) is 30.2 Å². The number of hydrazine groups is 1. The molecule has 3 N–H and O–H groups in total. The molecular weight excluding hydrogens is 269 g/mol. The van der Waals surface area contributed by atoms with Crippen LogP contribution >= 0.6 is 23.2 Å². The monoisotopic (exact) mass is 281 g/mol. The normalized spacial score (nSPS) is 12.4. The number of hydrogen-bond acceptors (Lipinski definition) is 3. The number of hydrogen-bond donors (Lipinski definition) is 2. The molecule has 2 aromatic rings. The summed E-state index contributed by atoms with van der Waals surface area (Å²) in [7, 11) is 0. The Morgan fingerprint density at radius 1 is 1.17 bits per heavy atom. The van der Waals surface area contributed by atoms with Crippen LogP contribution in [0, 0.1) is 6.92 Å². The third-order valence-electron chi connectivity index (χ3n) is 2.82. The van der Waals surface area contributed by atoms with Crippen molar-refractivity contribution in [1.29, 1.82) is 0 Å². The number of nitrogens with zero attached hydrogens (tertiary/aromatic N) is 1. The SMILES string of the molecule is Cc1ncccc1C(NN)c1cccc(Cl)c1Cl. The van der Waals surface area contributed by atoms with E-state index in [1.54, 1.807) is 12.3 Å². The van der Waals surface area contributed by atoms with E-state index in [0.717, 1.165) is 16.8 Å². The maximum Gasteiger partial charge on any atom is 0.0742 e. The second kappa shape index (κ2) is 5.67. The molecule has 0 fully saturated rings. The fourth-order valence-corrected chi connectivity index (χ4v) is 2.31. The van der Waals surface area contributed by atoms with Crippen LogP contribution < -0.4 is 11.3 Å². The molecular formula is C13H13Cl2N3. The molecule has 0 saturated heterocycles. The molecule has 1 atom stereocenters. The maximum absolute atomic E-state index is 6.22. The van der Waals surface area contributed by atoms with Gasteiger partial charge in [0, 0.05) is 11.9 Å². The van der Waals surface area contributed by atoms with Crippen LogP contribution in [-0.2, 0) is 0 Å².